The summed E-state index contributed by atoms with van der Waals surface area (Å²) >= 11 is 0.390. The van der Waals surface area contributed by atoms with Gasteiger partial charge >= 0.3 is 6.18 Å². The van der Waals surface area contributed by atoms with Crippen molar-refractivity contribution in [2.75, 3.05) is 6.61 Å². The lowest BCUT2D eigenvalue weighted by molar-refractivity contribution is -0.137. The van der Waals surface area contributed by atoms with Crippen LogP contribution in [-0.2, 0) is 10.9 Å². The molecule has 3 nitrogen and oxygen atoms in total. The number of hydrogen-bond donors (Lipinski definition) is 0. The van der Waals surface area contributed by atoms with Crippen LogP contribution in [0.5, 0.6) is 0 Å². The fraction of sp³-hybridized carbons (Fsp3) is 0.600. The molecule has 2 rings (SSSR count). The predicted molar refractivity (Wildman–Crippen MR) is 55.0 cm³/mol. The van der Waals surface area contributed by atoms with Crippen LogP contribution in [0.3, 0.4) is 0 Å². The van der Waals surface area contributed by atoms with Gasteiger partial charge in [0.05, 0.1) is 11.0 Å². The number of alkyl halides is 3. The number of Topliss-reactive ketones (excluding diaryl/α,β-unsaturated/α-hetero) is 1. The van der Waals surface area contributed by atoms with E-state index >= 15 is 0 Å². The summed E-state index contributed by atoms with van der Waals surface area (Å²) in [5.74, 6) is -0.329. The number of thiazole rings is 1. The van der Waals surface area contributed by atoms with Crippen LogP contribution in [-0.4, -0.2) is 23.5 Å². The Balaban J connectivity index is 2.01. The molecule has 1 aromatic heterocycles. The van der Waals surface area contributed by atoms with Crippen LogP contribution in [0.2, 0.25) is 0 Å². The van der Waals surface area contributed by atoms with Gasteiger partial charge in [-0.25, -0.2) is 4.98 Å². The predicted octanol–water partition coefficient (Wildman–Crippen LogP) is 2.91. The first-order chi connectivity index (χ1) is 7.97. The van der Waals surface area contributed by atoms with Gasteiger partial charge in [0, 0.05) is 19.2 Å². The van der Waals surface area contributed by atoms with Crippen molar-refractivity contribution >= 4 is 17.1 Å². The Hall–Kier alpha value is -0.950. The number of carbonyl (C=O) groups is 1. The minimum Gasteiger partial charge on any atom is -0.378 e. The molecule has 0 spiro atoms. The third-order valence-electron chi connectivity index (χ3n) is 2.46. The molecular weight excluding hydrogens is 255 g/mol. The molecule has 17 heavy (non-hydrogen) atoms. The molecule has 0 aliphatic carbocycles. The second kappa shape index (κ2) is 4.73. The highest BCUT2D eigenvalue weighted by Gasteiger charge is 2.35. The lowest BCUT2D eigenvalue weighted by Gasteiger charge is -2.06. The number of nitrogens with zero attached hydrogens (tertiary/aromatic N) is 1. The topological polar surface area (TPSA) is 39.2 Å². The van der Waals surface area contributed by atoms with Crippen molar-refractivity contribution in [1.29, 1.82) is 0 Å². The average molecular weight is 265 g/mol. The Morgan fingerprint density at radius 1 is 1.59 bits per heavy atom. The molecule has 7 heteroatoms. The van der Waals surface area contributed by atoms with Gasteiger partial charge in [-0.2, -0.15) is 13.2 Å². The summed E-state index contributed by atoms with van der Waals surface area (Å²) < 4.78 is 42.1. The Labute approximate surface area is 99.6 Å². The molecule has 1 fully saturated rings. The molecule has 0 saturated carbocycles. The highest BCUT2D eigenvalue weighted by Crippen LogP contribution is 2.33. The van der Waals surface area contributed by atoms with Crippen LogP contribution >= 0.6 is 11.3 Å². The SMILES string of the molecule is O=C(CC1CCCO1)c1cnc(C(F)(F)F)s1. The van der Waals surface area contributed by atoms with Gasteiger partial charge in [0.15, 0.2) is 10.8 Å². The van der Waals surface area contributed by atoms with Crippen molar-refractivity contribution in [3.63, 3.8) is 0 Å². The molecule has 0 radical (unpaired) electrons. The lowest BCUT2D eigenvalue weighted by Crippen LogP contribution is -2.11. The van der Waals surface area contributed by atoms with E-state index in [4.69, 9.17) is 4.74 Å². The van der Waals surface area contributed by atoms with Gasteiger partial charge in [-0.1, -0.05) is 0 Å². The van der Waals surface area contributed by atoms with Gasteiger partial charge in [0.1, 0.15) is 0 Å². The fourth-order valence-electron chi connectivity index (χ4n) is 1.65. The molecule has 94 valence electrons. The van der Waals surface area contributed by atoms with Crippen molar-refractivity contribution in [3.05, 3.63) is 16.1 Å². The molecule has 2 heterocycles. The summed E-state index contributed by atoms with van der Waals surface area (Å²) in [4.78, 5) is 14.9. The van der Waals surface area contributed by atoms with Gasteiger partial charge in [0.25, 0.3) is 0 Å². The summed E-state index contributed by atoms with van der Waals surface area (Å²) in [7, 11) is 0. The van der Waals surface area contributed by atoms with E-state index in [1.807, 2.05) is 0 Å². The molecule has 1 saturated heterocycles. The number of hydrogen-bond acceptors (Lipinski definition) is 4. The number of ether oxygens (including phenoxy) is 1. The Morgan fingerprint density at radius 3 is 2.88 bits per heavy atom. The summed E-state index contributed by atoms with van der Waals surface area (Å²) in [6, 6.07) is 0. The van der Waals surface area contributed by atoms with Crippen molar-refractivity contribution < 1.29 is 22.7 Å². The van der Waals surface area contributed by atoms with Crippen LogP contribution in [0.25, 0.3) is 0 Å². The number of halogens is 3. The summed E-state index contributed by atoms with van der Waals surface area (Å²) in [6.07, 6.45) is -1.82. The van der Waals surface area contributed by atoms with Crippen molar-refractivity contribution in [3.8, 4) is 0 Å². The fourth-order valence-corrected chi connectivity index (χ4v) is 2.38. The molecule has 1 aromatic rings. The van der Waals surface area contributed by atoms with E-state index in [-0.39, 0.29) is 23.2 Å². The van der Waals surface area contributed by atoms with E-state index in [0.717, 1.165) is 19.0 Å². The molecule has 0 bridgehead atoms. The standard InChI is InChI=1S/C10H10F3NO2S/c11-10(12,13)9-14-5-8(17-9)7(15)4-6-2-1-3-16-6/h5-6H,1-4H2. The summed E-state index contributed by atoms with van der Waals surface area (Å²) in [5.41, 5.74) is 0. The van der Waals surface area contributed by atoms with Crippen LogP contribution in [0.15, 0.2) is 6.20 Å². The molecule has 1 atom stereocenters. The van der Waals surface area contributed by atoms with Crippen LogP contribution in [0, 0.1) is 0 Å². The summed E-state index contributed by atoms with van der Waals surface area (Å²) in [6.45, 7) is 0.619. The minimum atomic E-state index is -4.48. The Morgan fingerprint density at radius 2 is 2.35 bits per heavy atom. The van der Waals surface area contributed by atoms with Gasteiger partial charge in [-0.15, -0.1) is 11.3 Å². The second-order valence-corrected chi connectivity index (χ2v) is 4.82. The van der Waals surface area contributed by atoms with Crippen LogP contribution < -0.4 is 0 Å². The van der Waals surface area contributed by atoms with E-state index in [0.29, 0.717) is 17.9 Å². The average Bonchev–Trinajstić information content (AvgIpc) is 2.85. The lowest BCUT2D eigenvalue weighted by atomic mass is 10.1. The number of rotatable bonds is 3. The highest BCUT2D eigenvalue weighted by molar-refractivity contribution is 7.13. The van der Waals surface area contributed by atoms with E-state index in [2.05, 4.69) is 4.98 Å². The quantitative estimate of drug-likeness (QED) is 0.789. The third kappa shape index (κ3) is 3.04. The van der Waals surface area contributed by atoms with Crippen molar-refractivity contribution in [2.45, 2.75) is 31.5 Å². The summed E-state index contributed by atoms with van der Waals surface area (Å²) in [5, 5.41) is -0.979. The van der Waals surface area contributed by atoms with E-state index in [9.17, 15) is 18.0 Å². The molecule has 1 unspecified atom stereocenters. The number of carbonyl (C=O) groups excluding carboxylic acids is 1. The smallest absolute Gasteiger partial charge is 0.378 e. The highest BCUT2D eigenvalue weighted by atomic mass is 32.1. The van der Waals surface area contributed by atoms with Gasteiger partial charge < -0.3 is 4.74 Å². The Kier molecular flexibility index (Phi) is 3.48. The molecule has 0 amide bonds. The molecule has 1 aliphatic rings. The first-order valence-electron chi connectivity index (χ1n) is 5.14. The first kappa shape index (κ1) is 12.5. The van der Waals surface area contributed by atoms with Crippen molar-refractivity contribution in [2.24, 2.45) is 0 Å². The van der Waals surface area contributed by atoms with E-state index in [1.165, 1.54) is 0 Å². The normalized spacial score (nSPS) is 20.8. The molecule has 1 aliphatic heterocycles. The molecular formula is C10H10F3NO2S. The Bertz CT molecular complexity index is 410. The van der Waals surface area contributed by atoms with E-state index in [1.54, 1.807) is 0 Å². The van der Waals surface area contributed by atoms with Crippen LogP contribution in [0.1, 0.15) is 33.9 Å². The zero-order valence-corrected chi connectivity index (χ0v) is 9.61. The minimum absolute atomic E-state index is 0.0489. The van der Waals surface area contributed by atoms with Gasteiger partial charge in [-0.05, 0) is 12.8 Å². The van der Waals surface area contributed by atoms with Crippen LogP contribution in [0.4, 0.5) is 13.2 Å². The van der Waals surface area contributed by atoms with Gasteiger partial charge in [0.2, 0.25) is 0 Å². The maximum absolute atomic E-state index is 12.3. The zero-order valence-electron chi connectivity index (χ0n) is 8.79. The number of ketones is 1. The monoisotopic (exact) mass is 265 g/mol. The second-order valence-electron chi connectivity index (χ2n) is 3.79. The molecule has 0 aromatic carbocycles. The zero-order chi connectivity index (χ0) is 12.5. The third-order valence-corrected chi connectivity index (χ3v) is 3.54. The van der Waals surface area contributed by atoms with Crippen molar-refractivity contribution in [1.82, 2.24) is 4.98 Å². The maximum atomic E-state index is 12.3. The molecule has 0 N–H and O–H groups in total. The van der Waals surface area contributed by atoms with E-state index < -0.39 is 11.2 Å². The first-order valence-corrected chi connectivity index (χ1v) is 5.96. The van der Waals surface area contributed by atoms with Gasteiger partial charge in [-0.3, -0.25) is 4.79 Å². The maximum Gasteiger partial charge on any atom is 0.443 e. The largest absolute Gasteiger partial charge is 0.443 e. The number of aromatic nitrogens is 1.